The van der Waals surface area contributed by atoms with Gasteiger partial charge in [-0.2, -0.15) is 0 Å². The average molecular weight is 301 g/mol. The lowest BCUT2D eigenvalue weighted by atomic mass is 10.2. The molecule has 1 aliphatic rings. The van der Waals surface area contributed by atoms with Crippen molar-refractivity contribution in [2.45, 2.75) is 25.4 Å². The van der Waals surface area contributed by atoms with Crippen LogP contribution in [0.5, 0.6) is 0 Å². The van der Waals surface area contributed by atoms with E-state index < -0.39 is 0 Å². The van der Waals surface area contributed by atoms with Crippen LogP contribution in [0.1, 0.15) is 18.4 Å². The van der Waals surface area contributed by atoms with Gasteiger partial charge >= 0.3 is 0 Å². The van der Waals surface area contributed by atoms with Crippen LogP contribution in [-0.4, -0.2) is 18.5 Å². The Morgan fingerprint density at radius 3 is 2.94 bits per heavy atom. The van der Waals surface area contributed by atoms with Gasteiger partial charge in [0, 0.05) is 17.1 Å². The Morgan fingerprint density at radius 1 is 1.47 bits per heavy atom. The smallest absolute Gasteiger partial charge is 0.234 e. The van der Waals surface area contributed by atoms with E-state index in [1.54, 1.807) is 6.07 Å². The Hall–Kier alpha value is -0.940. The molecule has 0 atom stereocenters. The second-order valence-electron chi connectivity index (χ2n) is 4.18. The van der Waals surface area contributed by atoms with Gasteiger partial charge in [-0.3, -0.25) is 4.79 Å². The second kappa shape index (κ2) is 5.60. The van der Waals surface area contributed by atoms with Gasteiger partial charge in [0.2, 0.25) is 5.91 Å². The van der Waals surface area contributed by atoms with Gasteiger partial charge in [-0.15, -0.1) is 0 Å². The zero-order valence-corrected chi connectivity index (χ0v) is 10.9. The molecule has 0 radical (unpaired) electrons. The summed E-state index contributed by atoms with van der Waals surface area (Å²) in [5.74, 6) is -0.271. The predicted octanol–water partition coefficient (Wildman–Crippen LogP) is 1.96. The van der Waals surface area contributed by atoms with Crippen LogP contribution in [0.2, 0.25) is 0 Å². The highest BCUT2D eigenvalue weighted by Gasteiger charge is 2.22. The normalized spacial score (nSPS) is 14.7. The number of halogens is 2. The number of amides is 1. The minimum atomic E-state index is -0.271. The summed E-state index contributed by atoms with van der Waals surface area (Å²) in [6.07, 6.45) is 2.17. The van der Waals surface area contributed by atoms with Crippen LogP contribution in [0.4, 0.5) is 4.39 Å². The van der Waals surface area contributed by atoms with Gasteiger partial charge in [-0.05, 0) is 36.6 Å². The molecule has 1 amide bonds. The molecule has 0 aliphatic heterocycles. The fourth-order valence-corrected chi connectivity index (χ4v) is 1.88. The molecule has 1 aliphatic carbocycles. The average Bonchev–Trinajstić information content (AvgIpc) is 3.07. The molecule has 0 spiro atoms. The van der Waals surface area contributed by atoms with Gasteiger partial charge in [0.1, 0.15) is 5.82 Å². The molecule has 0 bridgehead atoms. The third-order valence-corrected chi connectivity index (χ3v) is 3.32. The summed E-state index contributed by atoms with van der Waals surface area (Å²) >= 11 is 3.34. The molecule has 1 aromatic carbocycles. The van der Waals surface area contributed by atoms with Crippen molar-refractivity contribution in [3.05, 3.63) is 34.1 Å². The first-order chi connectivity index (χ1) is 8.15. The van der Waals surface area contributed by atoms with E-state index in [1.165, 1.54) is 12.1 Å². The van der Waals surface area contributed by atoms with Crippen LogP contribution in [0.25, 0.3) is 0 Å². The van der Waals surface area contributed by atoms with Crippen LogP contribution in [0.15, 0.2) is 22.7 Å². The Balaban J connectivity index is 1.76. The van der Waals surface area contributed by atoms with Crippen LogP contribution in [0.3, 0.4) is 0 Å². The van der Waals surface area contributed by atoms with E-state index in [9.17, 15) is 9.18 Å². The third-order valence-electron chi connectivity index (χ3n) is 2.55. The van der Waals surface area contributed by atoms with E-state index in [0.717, 1.165) is 22.9 Å². The van der Waals surface area contributed by atoms with Crippen molar-refractivity contribution in [2.24, 2.45) is 0 Å². The maximum Gasteiger partial charge on any atom is 0.234 e. The van der Waals surface area contributed by atoms with E-state index in [0.29, 0.717) is 12.6 Å². The van der Waals surface area contributed by atoms with Gasteiger partial charge in [0.15, 0.2) is 0 Å². The molecule has 0 heterocycles. The lowest BCUT2D eigenvalue weighted by molar-refractivity contribution is -0.120. The number of carbonyl (C=O) groups excluding carboxylic acids is 1. The molecule has 0 saturated heterocycles. The molecular formula is C12H14BrFN2O. The van der Waals surface area contributed by atoms with Crippen molar-refractivity contribution in [3.63, 3.8) is 0 Å². The number of carbonyl (C=O) groups is 1. The van der Waals surface area contributed by atoms with E-state index >= 15 is 0 Å². The van der Waals surface area contributed by atoms with Crippen molar-refractivity contribution in [1.29, 1.82) is 0 Å². The number of rotatable bonds is 5. The Bertz CT molecular complexity index is 421. The van der Waals surface area contributed by atoms with E-state index in [2.05, 4.69) is 26.6 Å². The Labute approximate surface area is 108 Å². The fourth-order valence-electron chi connectivity index (χ4n) is 1.50. The standard InChI is InChI=1S/C12H14BrFN2O/c13-11-4-1-9(14)5-8(11)6-15-7-12(17)16-10-2-3-10/h1,4-5,10,15H,2-3,6-7H2,(H,16,17). The molecule has 1 aromatic rings. The summed E-state index contributed by atoms with van der Waals surface area (Å²) in [5, 5.41) is 5.87. The maximum absolute atomic E-state index is 13.0. The van der Waals surface area contributed by atoms with Crippen molar-refractivity contribution in [2.75, 3.05) is 6.54 Å². The topological polar surface area (TPSA) is 41.1 Å². The zero-order chi connectivity index (χ0) is 12.3. The van der Waals surface area contributed by atoms with Gasteiger partial charge in [0.05, 0.1) is 6.54 Å². The zero-order valence-electron chi connectivity index (χ0n) is 9.30. The lowest BCUT2D eigenvalue weighted by Crippen LogP contribution is -2.34. The largest absolute Gasteiger partial charge is 0.352 e. The fraction of sp³-hybridized carbons (Fsp3) is 0.417. The molecular weight excluding hydrogens is 287 g/mol. The number of hydrogen-bond donors (Lipinski definition) is 2. The van der Waals surface area contributed by atoms with Crippen LogP contribution < -0.4 is 10.6 Å². The molecule has 17 heavy (non-hydrogen) atoms. The van der Waals surface area contributed by atoms with E-state index in [4.69, 9.17) is 0 Å². The summed E-state index contributed by atoms with van der Waals surface area (Å²) in [7, 11) is 0. The molecule has 2 N–H and O–H groups in total. The maximum atomic E-state index is 13.0. The predicted molar refractivity (Wildman–Crippen MR) is 67.0 cm³/mol. The quantitative estimate of drug-likeness (QED) is 0.873. The first-order valence-corrected chi connectivity index (χ1v) is 6.38. The summed E-state index contributed by atoms with van der Waals surface area (Å²) in [6, 6.07) is 4.89. The van der Waals surface area contributed by atoms with Crippen LogP contribution in [-0.2, 0) is 11.3 Å². The van der Waals surface area contributed by atoms with Gasteiger partial charge in [-0.1, -0.05) is 15.9 Å². The summed E-state index contributed by atoms with van der Waals surface area (Å²) in [5.41, 5.74) is 0.809. The van der Waals surface area contributed by atoms with E-state index in [-0.39, 0.29) is 18.3 Å². The number of hydrogen-bond acceptors (Lipinski definition) is 2. The first-order valence-electron chi connectivity index (χ1n) is 5.59. The van der Waals surface area contributed by atoms with Crippen molar-refractivity contribution in [1.82, 2.24) is 10.6 Å². The van der Waals surface area contributed by atoms with Crippen LogP contribution >= 0.6 is 15.9 Å². The van der Waals surface area contributed by atoms with Gasteiger partial charge < -0.3 is 10.6 Å². The summed E-state index contributed by atoms with van der Waals surface area (Å²) < 4.78 is 13.8. The van der Waals surface area contributed by atoms with Gasteiger partial charge in [0.25, 0.3) is 0 Å². The number of nitrogens with one attached hydrogen (secondary N) is 2. The molecule has 1 saturated carbocycles. The SMILES string of the molecule is O=C(CNCc1cc(F)ccc1Br)NC1CC1. The van der Waals surface area contributed by atoms with Gasteiger partial charge in [-0.25, -0.2) is 4.39 Å². The second-order valence-corrected chi connectivity index (χ2v) is 5.04. The Morgan fingerprint density at radius 2 is 2.24 bits per heavy atom. The van der Waals surface area contributed by atoms with Crippen molar-refractivity contribution < 1.29 is 9.18 Å². The molecule has 1 fully saturated rings. The Kier molecular flexibility index (Phi) is 4.12. The number of benzene rings is 1. The monoisotopic (exact) mass is 300 g/mol. The van der Waals surface area contributed by atoms with Crippen LogP contribution in [0, 0.1) is 5.82 Å². The third kappa shape index (κ3) is 4.09. The summed E-state index contributed by atoms with van der Waals surface area (Å²) in [6.45, 7) is 0.732. The van der Waals surface area contributed by atoms with Crippen molar-refractivity contribution in [3.8, 4) is 0 Å². The minimum absolute atomic E-state index is 0.0000236. The molecule has 3 nitrogen and oxygen atoms in total. The summed E-state index contributed by atoms with van der Waals surface area (Å²) in [4.78, 5) is 11.4. The minimum Gasteiger partial charge on any atom is -0.352 e. The lowest BCUT2D eigenvalue weighted by Gasteiger charge is -2.07. The van der Waals surface area contributed by atoms with E-state index in [1.807, 2.05) is 0 Å². The molecule has 5 heteroatoms. The highest BCUT2D eigenvalue weighted by atomic mass is 79.9. The highest BCUT2D eigenvalue weighted by Crippen LogP contribution is 2.18. The molecule has 2 rings (SSSR count). The molecule has 0 aromatic heterocycles. The highest BCUT2D eigenvalue weighted by molar-refractivity contribution is 9.10. The molecule has 0 unspecified atom stereocenters. The van der Waals surface area contributed by atoms with Crippen molar-refractivity contribution >= 4 is 21.8 Å². The first kappa shape index (κ1) is 12.5. The molecule has 92 valence electrons.